The second-order valence-corrected chi connectivity index (χ2v) is 5.63. The highest BCUT2D eigenvalue weighted by Crippen LogP contribution is 2.23. The highest BCUT2D eigenvalue weighted by atomic mass is 35.5. The van der Waals surface area contributed by atoms with Gasteiger partial charge in [0.05, 0.1) is 6.61 Å². The molecule has 1 aliphatic carbocycles. The van der Waals surface area contributed by atoms with Crippen LogP contribution in [0, 0.1) is 5.92 Å². The van der Waals surface area contributed by atoms with Gasteiger partial charge in [-0.2, -0.15) is 0 Å². The van der Waals surface area contributed by atoms with E-state index in [1.165, 1.54) is 37.0 Å². The van der Waals surface area contributed by atoms with Crippen LogP contribution in [0.3, 0.4) is 0 Å². The number of rotatable bonds is 2. The Balaban J connectivity index is 1.67. The summed E-state index contributed by atoms with van der Waals surface area (Å²) in [5.41, 5.74) is 0. The first-order valence-corrected chi connectivity index (χ1v) is 7.40. The number of halogens is 1. The highest BCUT2D eigenvalue weighted by molar-refractivity contribution is 6.62. The first-order valence-electron chi connectivity index (χ1n) is 7.03. The molecule has 0 radical (unpaired) electrons. The predicted octanol–water partition coefficient (Wildman–Crippen LogP) is 2.68. The molecule has 108 valence electrons. The van der Waals surface area contributed by atoms with Crippen molar-refractivity contribution < 1.29 is 14.3 Å². The molecule has 1 saturated carbocycles. The molecule has 0 aromatic heterocycles. The Hall–Kier alpha value is -0.970. The molecule has 0 aromatic carbocycles. The van der Waals surface area contributed by atoms with Crippen molar-refractivity contribution in [2.24, 2.45) is 5.92 Å². The molecular weight excluding hydrogens is 268 g/mol. The van der Waals surface area contributed by atoms with Gasteiger partial charge in [-0.3, -0.25) is 4.79 Å². The van der Waals surface area contributed by atoms with Crippen LogP contribution in [0.15, 0.2) is 0 Å². The van der Waals surface area contributed by atoms with Crippen molar-refractivity contribution in [1.82, 2.24) is 9.80 Å². The fraction of sp³-hybridized carbons (Fsp3) is 0.846. The second-order valence-electron chi connectivity index (χ2n) is 5.31. The molecule has 0 N–H and O–H groups in total. The van der Waals surface area contributed by atoms with Crippen LogP contribution in [0.2, 0.25) is 0 Å². The number of carbonyl (C=O) groups excluding carboxylic acids is 2. The normalized spacial score (nSPS) is 21.3. The lowest BCUT2D eigenvalue weighted by Gasteiger charge is -2.33. The molecule has 0 atom stereocenters. The third-order valence-electron chi connectivity index (χ3n) is 3.95. The van der Waals surface area contributed by atoms with Gasteiger partial charge in [0.2, 0.25) is 0 Å². The lowest BCUT2D eigenvalue weighted by atomic mass is 9.90. The summed E-state index contributed by atoms with van der Waals surface area (Å²) in [5, 5.41) is -0.449. The highest BCUT2D eigenvalue weighted by Gasteiger charge is 2.25. The maximum atomic E-state index is 11.9. The van der Waals surface area contributed by atoms with Crippen LogP contribution in [-0.4, -0.2) is 54.0 Å². The van der Waals surface area contributed by atoms with Crippen LogP contribution in [0.5, 0.6) is 0 Å². The Morgan fingerprint density at radius 2 is 1.58 bits per heavy atom. The molecule has 2 aliphatic rings. The van der Waals surface area contributed by atoms with Crippen molar-refractivity contribution in [3.05, 3.63) is 0 Å². The molecule has 1 saturated heterocycles. The summed E-state index contributed by atoms with van der Waals surface area (Å²) in [5.74, 6) is 0.531. The first-order chi connectivity index (χ1) is 9.16. The quantitative estimate of drug-likeness (QED) is 0.580. The van der Waals surface area contributed by atoms with Crippen LogP contribution < -0.4 is 0 Å². The van der Waals surface area contributed by atoms with Gasteiger partial charge in [0.1, 0.15) is 0 Å². The van der Waals surface area contributed by atoms with E-state index in [2.05, 4.69) is 0 Å². The van der Waals surface area contributed by atoms with Gasteiger partial charge >= 0.3 is 11.5 Å². The van der Waals surface area contributed by atoms with Crippen molar-refractivity contribution in [2.45, 2.75) is 32.1 Å². The lowest BCUT2D eigenvalue weighted by Crippen LogP contribution is -2.49. The lowest BCUT2D eigenvalue weighted by molar-refractivity contribution is 0.0671. The number of amides is 2. The number of carbonyl (C=O) groups is 2. The Bertz CT molecular complexity index is 324. The van der Waals surface area contributed by atoms with Crippen molar-refractivity contribution >= 4 is 23.1 Å². The average Bonchev–Trinajstić information content (AvgIpc) is 2.46. The van der Waals surface area contributed by atoms with Crippen LogP contribution in [-0.2, 0) is 4.74 Å². The zero-order valence-corrected chi connectivity index (χ0v) is 11.9. The van der Waals surface area contributed by atoms with E-state index in [1.54, 1.807) is 4.90 Å². The number of hydrogen-bond donors (Lipinski definition) is 0. The minimum atomic E-state index is -0.449. The van der Waals surface area contributed by atoms with E-state index in [0.29, 0.717) is 38.7 Å². The smallest absolute Gasteiger partial charge is 0.409 e. The van der Waals surface area contributed by atoms with Gasteiger partial charge in [-0.15, -0.1) is 0 Å². The number of piperazine rings is 1. The molecule has 1 heterocycles. The van der Waals surface area contributed by atoms with Crippen LogP contribution in [0.4, 0.5) is 9.59 Å². The van der Waals surface area contributed by atoms with Gasteiger partial charge in [-0.1, -0.05) is 19.3 Å². The molecular formula is C13H21ClN2O3. The topological polar surface area (TPSA) is 49.9 Å². The summed E-state index contributed by atoms with van der Waals surface area (Å²) in [6.45, 7) is 2.51. The SMILES string of the molecule is O=C(Cl)N1CCN(C(=O)OCC2CCCCC2)CC1. The maximum Gasteiger partial charge on any atom is 0.409 e. The van der Waals surface area contributed by atoms with E-state index in [-0.39, 0.29) is 6.09 Å². The Kier molecular flexibility index (Phi) is 5.31. The van der Waals surface area contributed by atoms with Gasteiger partial charge in [-0.05, 0) is 30.4 Å². The Morgan fingerprint density at radius 3 is 2.16 bits per heavy atom. The summed E-state index contributed by atoms with van der Waals surface area (Å²) in [7, 11) is 0. The van der Waals surface area contributed by atoms with E-state index in [4.69, 9.17) is 16.3 Å². The summed E-state index contributed by atoms with van der Waals surface area (Å²) >= 11 is 5.40. The number of ether oxygens (including phenoxy) is 1. The largest absolute Gasteiger partial charge is 0.449 e. The van der Waals surface area contributed by atoms with E-state index in [1.807, 2.05) is 0 Å². The Morgan fingerprint density at radius 1 is 1.00 bits per heavy atom. The molecule has 0 unspecified atom stereocenters. The van der Waals surface area contributed by atoms with E-state index in [9.17, 15) is 9.59 Å². The van der Waals surface area contributed by atoms with Crippen molar-refractivity contribution in [3.63, 3.8) is 0 Å². The van der Waals surface area contributed by atoms with E-state index < -0.39 is 5.37 Å². The third-order valence-corrected chi connectivity index (χ3v) is 4.19. The monoisotopic (exact) mass is 288 g/mol. The number of hydrogen-bond acceptors (Lipinski definition) is 3. The summed E-state index contributed by atoms with van der Waals surface area (Å²) in [4.78, 5) is 26.0. The summed E-state index contributed by atoms with van der Waals surface area (Å²) in [6, 6.07) is 0. The minimum absolute atomic E-state index is 0.257. The molecule has 2 rings (SSSR count). The van der Waals surface area contributed by atoms with Gasteiger partial charge in [0.25, 0.3) is 0 Å². The minimum Gasteiger partial charge on any atom is -0.449 e. The van der Waals surface area contributed by atoms with Crippen molar-refractivity contribution in [1.29, 1.82) is 0 Å². The fourth-order valence-corrected chi connectivity index (χ4v) is 2.87. The maximum absolute atomic E-state index is 11.9. The zero-order chi connectivity index (χ0) is 13.7. The molecule has 0 spiro atoms. The molecule has 1 aliphatic heterocycles. The summed E-state index contributed by atoms with van der Waals surface area (Å²) < 4.78 is 5.37. The molecule has 0 bridgehead atoms. The molecule has 0 aromatic rings. The van der Waals surface area contributed by atoms with Gasteiger partial charge < -0.3 is 14.5 Å². The van der Waals surface area contributed by atoms with Gasteiger partial charge in [0.15, 0.2) is 0 Å². The van der Waals surface area contributed by atoms with Crippen LogP contribution in [0.1, 0.15) is 32.1 Å². The molecule has 2 amide bonds. The van der Waals surface area contributed by atoms with E-state index in [0.717, 1.165) is 0 Å². The fourth-order valence-electron chi connectivity index (χ4n) is 2.70. The molecule has 5 nitrogen and oxygen atoms in total. The second kappa shape index (κ2) is 6.98. The van der Waals surface area contributed by atoms with Gasteiger partial charge in [-0.25, -0.2) is 4.79 Å². The third kappa shape index (κ3) is 4.27. The molecule has 2 fully saturated rings. The molecule has 19 heavy (non-hydrogen) atoms. The molecule has 6 heteroatoms. The number of nitrogens with zero attached hydrogens (tertiary/aromatic N) is 2. The standard InChI is InChI=1S/C13H21ClN2O3/c14-12(17)15-6-8-16(9-7-15)13(18)19-10-11-4-2-1-3-5-11/h11H,1-10H2. The average molecular weight is 289 g/mol. The van der Waals surface area contributed by atoms with E-state index >= 15 is 0 Å². The van der Waals surface area contributed by atoms with Crippen molar-refractivity contribution in [3.8, 4) is 0 Å². The first kappa shape index (κ1) is 14.4. The van der Waals surface area contributed by atoms with Gasteiger partial charge in [0, 0.05) is 26.2 Å². The zero-order valence-electron chi connectivity index (χ0n) is 11.1. The van der Waals surface area contributed by atoms with Crippen LogP contribution >= 0.6 is 11.6 Å². The Labute approximate surface area is 118 Å². The van der Waals surface area contributed by atoms with Crippen molar-refractivity contribution in [2.75, 3.05) is 32.8 Å². The summed E-state index contributed by atoms with van der Waals surface area (Å²) in [6.07, 6.45) is 5.88. The predicted molar refractivity (Wildman–Crippen MR) is 72.3 cm³/mol. The van der Waals surface area contributed by atoms with Crippen LogP contribution in [0.25, 0.3) is 0 Å².